The molecule has 0 bridgehead atoms. The topological polar surface area (TPSA) is 91.4 Å². The summed E-state index contributed by atoms with van der Waals surface area (Å²) in [7, 11) is -3.38. The number of thiazole rings is 1. The minimum absolute atomic E-state index is 0.150. The number of aromatic nitrogens is 1. The van der Waals surface area contributed by atoms with Gasteiger partial charge in [0.25, 0.3) is 0 Å². The number of nitrogens with zero attached hydrogens (tertiary/aromatic N) is 2. The van der Waals surface area contributed by atoms with Crippen LogP contribution in [0.1, 0.15) is 28.7 Å². The number of rotatable bonds is 6. The van der Waals surface area contributed by atoms with Crippen molar-refractivity contribution in [2.24, 2.45) is 0 Å². The van der Waals surface area contributed by atoms with Gasteiger partial charge in [0.1, 0.15) is 0 Å². The van der Waals surface area contributed by atoms with Crippen molar-refractivity contribution in [3.63, 3.8) is 0 Å². The van der Waals surface area contributed by atoms with Gasteiger partial charge in [-0.25, -0.2) is 13.4 Å². The second-order valence-electron chi connectivity index (χ2n) is 8.56. The number of hydrogen-bond acceptors (Lipinski definition) is 6. The Bertz CT molecular complexity index is 1290. The van der Waals surface area contributed by atoms with Crippen molar-refractivity contribution in [1.29, 1.82) is 0 Å². The van der Waals surface area contributed by atoms with Crippen molar-refractivity contribution in [1.82, 2.24) is 4.98 Å². The predicted molar refractivity (Wildman–Crippen MR) is 136 cm³/mol. The summed E-state index contributed by atoms with van der Waals surface area (Å²) in [5.74, 6) is -0.150. The fraction of sp³-hybridized carbons (Fsp3) is 0.333. The number of hydrogen-bond donors (Lipinski definition) is 2. The van der Waals surface area contributed by atoms with Gasteiger partial charge in [-0.1, -0.05) is 23.8 Å². The molecule has 0 radical (unpaired) electrons. The molecule has 2 heterocycles. The maximum Gasteiger partial charge on any atom is 0.245 e. The Labute approximate surface area is 198 Å². The van der Waals surface area contributed by atoms with Gasteiger partial charge in [0.15, 0.2) is 5.13 Å². The molecule has 2 N–H and O–H groups in total. The molecule has 174 valence electrons. The number of amides is 1. The Morgan fingerprint density at radius 1 is 1.18 bits per heavy atom. The molecule has 0 atom stereocenters. The van der Waals surface area contributed by atoms with Gasteiger partial charge in [-0.15, -0.1) is 11.3 Å². The summed E-state index contributed by atoms with van der Waals surface area (Å²) in [6.45, 7) is 7.14. The maximum absolute atomic E-state index is 12.8. The molecule has 1 amide bonds. The van der Waals surface area contributed by atoms with Crippen molar-refractivity contribution < 1.29 is 13.2 Å². The van der Waals surface area contributed by atoms with E-state index in [1.165, 1.54) is 28.0 Å². The summed E-state index contributed by atoms with van der Waals surface area (Å²) in [5.41, 5.74) is 7.90. The minimum Gasteiger partial charge on any atom is -0.362 e. The van der Waals surface area contributed by atoms with Crippen LogP contribution in [0.15, 0.2) is 35.7 Å². The third-order valence-corrected chi connectivity index (χ3v) is 7.01. The first-order chi connectivity index (χ1) is 15.6. The minimum atomic E-state index is -3.38. The zero-order valence-corrected chi connectivity index (χ0v) is 20.9. The first-order valence-corrected chi connectivity index (χ1v) is 13.6. The van der Waals surface area contributed by atoms with Crippen LogP contribution in [-0.2, 0) is 21.2 Å². The Morgan fingerprint density at radius 2 is 1.91 bits per heavy atom. The first kappa shape index (κ1) is 23.3. The molecule has 1 aliphatic rings. The van der Waals surface area contributed by atoms with Gasteiger partial charge in [-0.3, -0.25) is 9.52 Å². The van der Waals surface area contributed by atoms with Crippen LogP contribution >= 0.6 is 11.3 Å². The van der Waals surface area contributed by atoms with E-state index in [0.29, 0.717) is 10.8 Å². The number of anilines is 3. The molecule has 9 heteroatoms. The predicted octanol–water partition coefficient (Wildman–Crippen LogP) is 4.50. The highest BCUT2D eigenvalue weighted by Gasteiger charge is 2.23. The molecular weight excluding hydrogens is 456 g/mol. The third kappa shape index (κ3) is 5.36. The summed E-state index contributed by atoms with van der Waals surface area (Å²) >= 11 is 1.41. The van der Waals surface area contributed by atoms with Crippen molar-refractivity contribution in [2.45, 2.75) is 33.6 Å². The van der Waals surface area contributed by atoms with Gasteiger partial charge in [-0.05, 0) is 62.4 Å². The fourth-order valence-electron chi connectivity index (χ4n) is 4.52. The molecule has 1 aromatic heterocycles. The molecular formula is C24H28N4O3S2. The first-order valence-electron chi connectivity index (χ1n) is 10.8. The normalized spacial score (nSPS) is 13.5. The van der Waals surface area contributed by atoms with Gasteiger partial charge in [-0.2, -0.15) is 0 Å². The number of carbonyl (C=O) groups excluding carboxylic acids is 1. The van der Waals surface area contributed by atoms with Gasteiger partial charge in [0, 0.05) is 23.2 Å². The maximum atomic E-state index is 12.8. The van der Waals surface area contributed by atoms with E-state index in [9.17, 15) is 13.2 Å². The van der Waals surface area contributed by atoms with E-state index in [1.807, 2.05) is 22.4 Å². The van der Waals surface area contributed by atoms with Crippen LogP contribution in [0.4, 0.5) is 16.5 Å². The van der Waals surface area contributed by atoms with Crippen molar-refractivity contribution in [2.75, 3.05) is 34.3 Å². The summed E-state index contributed by atoms with van der Waals surface area (Å²) in [4.78, 5) is 19.5. The molecule has 2 aromatic carbocycles. The largest absolute Gasteiger partial charge is 0.362 e. The zero-order chi connectivity index (χ0) is 23.8. The molecule has 0 saturated heterocycles. The average molecular weight is 485 g/mol. The lowest BCUT2D eigenvalue weighted by Gasteiger charge is -2.31. The van der Waals surface area contributed by atoms with Crippen LogP contribution in [0.25, 0.3) is 11.3 Å². The molecule has 33 heavy (non-hydrogen) atoms. The fourth-order valence-corrected chi connectivity index (χ4v) is 5.83. The van der Waals surface area contributed by atoms with Gasteiger partial charge < -0.3 is 10.2 Å². The van der Waals surface area contributed by atoms with Gasteiger partial charge in [0.2, 0.25) is 15.9 Å². The quantitative estimate of drug-likeness (QED) is 0.538. The van der Waals surface area contributed by atoms with Crippen LogP contribution in [0.5, 0.6) is 0 Å². The Hall–Kier alpha value is -2.91. The van der Waals surface area contributed by atoms with Crippen LogP contribution in [0.3, 0.4) is 0 Å². The smallest absolute Gasteiger partial charge is 0.245 e. The Kier molecular flexibility index (Phi) is 6.45. The third-order valence-electron chi connectivity index (χ3n) is 5.66. The Morgan fingerprint density at radius 3 is 2.61 bits per heavy atom. The number of benzene rings is 2. The lowest BCUT2D eigenvalue weighted by Crippen LogP contribution is -2.37. The SMILES string of the molecule is Cc1cc(C)c(-c2csc(NC(=O)CN3CCCc4c(NS(C)(=O)=O)cccc43)n2)c(C)c1. The van der Waals surface area contributed by atoms with E-state index in [-0.39, 0.29) is 12.5 Å². The number of aryl methyl sites for hydroxylation is 3. The lowest BCUT2D eigenvalue weighted by molar-refractivity contribution is -0.115. The monoisotopic (exact) mass is 484 g/mol. The lowest BCUT2D eigenvalue weighted by atomic mass is 9.98. The second-order valence-corrected chi connectivity index (χ2v) is 11.2. The highest BCUT2D eigenvalue weighted by Crippen LogP contribution is 2.34. The van der Waals surface area contributed by atoms with E-state index < -0.39 is 10.0 Å². The molecule has 0 aliphatic carbocycles. The van der Waals surface area contributed by atoms with Gasteiger partial charge in [0.05, 0.1) is 24.2 Å². The summed E-state index contributed by atoms with van der Waals surface area (Å²) in [5, 5.41) is 5.47. The van der Waals surface area contributed by atoms with Crippen LogP contribution in [-0.4, -0.2) is 38.7 Å². The average Bonchev–Trinajstić information content (AvgIpc) is 3.14. The number of sulfonamides is 1. The van der Waals surface area contributed by atoms with Crippen LogP contribution in [0.2, 0.25) is 0 Å². The second kappa shape index (κ2) is 9.15. The summed E-state index contributed by atoms with van der Waals surface area (Å²) < 4.78 is 26.0. The van der Waals surface area contributed by atoms with Crippen molar-refractivity contribution >= 4 is 43.8 Å². The molecule has 4 rings (SSSR count). The molecule has 7 nitrogen and oxygen atoms in total. The molecule has 0 saturated carbocycles. The van der Waals surface area contributed by atoms with Crippen LogP contribution < -0.4 is 14.9 Å². The highest BCUT2D eigenvalue weighted by molar-refractivity contribution is 7.92. The molecule has 3 aromatic rings. The van der Waals surface area contributed by atoms with E-state index in [4.69, 9.17) is 0 Å². The van der Waals surface area contributed by atoms with Crippen LogP contribution in [0, 0.1) is 20.8 Å². The van der Waals surface area contributed by atoms with Gasteiger partial charge >= 0.3 is 0 Å². The van der Waals surface area contributed by atoms with Crippen molar-refractivity contribution in [3.8, 4) is 11.3 Å². The van der Waals surface area contributed by atoms with E-state index >= 15 is 0 Å². The van der Waals surface area contributed by atoms with E-state index in [2.05, 4.69) is 47.9 Å². The molecule has 1 aliphatic heterocycles. The zero-order valence-electron chi connectivity index (χ0n) is 19.2. The number of carbonyl (C=O) groups is 1. The molecule has 0 fully saturated rings. The number of nitrogens with one attached hydrogen (secondary N) is 2. The van der Waals surface area contributed by atoms with E-state index in [1.54, 1.807) is 6.07 Å². The molecule has 0 spiro atoms. The van der Waals surface area contributed by atoms with Crippen molar-refractivity contribution in [3.05, 3.63) is 58.0 Å². The summed E-state index contributed by atoms with van der Waals surface area (Å²) in [6.07, 6.45) is 2.75. The standard InChI is InChI=1S/C24H28N4O3S2/c1-15-11-16(2)23(17(3)12-15)20-14-32-24(25-20)26-22(29)13-28-10-6-7-18-19(27-33(4,30)31)8-5-9-21(18)28/h5,8-9,11-12,14,27H,6-7,10,13H2,1-4H3,(H,25,26,29). The summed E-state index contributed by atoms with van der Waals surface area (Å²) in [6, 6.07) is 9.78. The van der Waals surface area contributed by atoms with E-state index in [0.717, 1.165) is 48.2 Å². The Balaban J connectivity index is 1.49. The highest BCUT2D eigenvalue weighted by atomic mass is 32.2. The molecule has 0 unspecified atom stereocenters. The number of fused-ring (bicyclic) bond motifs is 1.